The number of hydrogen-bond acceptors (Lipinski definition) is 3. The van der Waals surface area contributed by atoms with Gasteiger partial charge < -0.3 is 9.46 Å². The number of anilines is 1. The molecule has 32 heavy (non-hydrogen) atoms. The molecule has 0 spiro atoms. The zero-order chi connectivity index (χ0) is 22.7. The quantitative estimate of drug-likeness (QED) is 0.458. The Balaban J connectivity index is 1.58. The topological polar surface area (TPSA) is 55.4 Å². The van der Waals surface area contributed by atoms with Gasteiger partial charge in [-0.05, 0) is 59.7 Å². The normalized spacial score (nSPS) is 16.0. The molecule has 1 atom stereocenters. The summed E-state index contributed by atoms with van der Waals surface area (Å²) >= 11 is 0. The lowest BCUT2D eigenvalue weighted by molar-refractivity contribution is 0.104. The number of benzene rings is 3. The Bertz CT molecular complexity index is 1320. The largest absolute Gasteiger partial charge is 0.497 e. The van der Waals surface area contributed by atoms with Crippen molar-refractivity contribution in [1.82, 2.24) is 0 Å². The maximum absolute atomic E-state index is 13.5. The van der Waals surface area contributed by atoms with Gasteiger partial charge in [0.2, 0.25) is 5.78 Å². The average Bonchev–Trinajstić information content (AvgIpc) is 2.80. The Morgan fingerprint density at radius 3 is 2.53 bits per heavy atom. The van der Waals surface area contributed by atoms with Crippen LogP contribution in [0.4, 0.5) is 14.5 Å². The minimum absolute atomic E-state index is 0.0492. The van der Waals surface area contributed by atoms with E-state index in [2.05, 4.69) is 16.6 Å². The Hall–Kier alpha value is -3.76. The molecule has 3 aromatic carbocycles. The summed E-state index contributed by atoms with van der Waals surface area (Å²) in [5.74, 6) is 4.38. The maximum Gasteiger partial charge on any atom is 0.205 e. The fraction of sp³-hybridized carbons (Fsp3) is 0.0800. The Kier molecular flexibility index (Phi) is 6.15. The highest BCUT2D eigenvalue weighted by Gasteiger charge is 2.28. The first kappa shape index (κ1) is 21.5. The van der Waals surface area contributed by atoms with Crippen molar-refractivity contribution in [3.63, 3.8) is 0 Å². The Labute approximate surface area is 186 Å². The van der Waals surface area contributed by atoms with Crippen molar-refractivity contribution in [2.45, 2.75) is 6.42 Å². The Morgan fingerprint density at radius 2 is 1.81 bits per heavy atom. The van der Waals surface area contributed by atoms with Crippen LogP contribution in [0.5, 0.6) is 5.75 Å². The van der Waals surface area contributed by atoms with Gasteiger partial charge >= 0.3 is 0 Å². The molecule has 7 heteroatoms. The average molecular weight is 449 g/mol. The summed E-state index contributed by atoms with van der Waals surface area (Å²) in [7, 11) is -0.216. The third-order valence-corrected chi connectivity index (χ3v) is 5.92. The molecule has 0 saturated heterocycles. The molecule has 4 nitrogen and oxygen atoms in total. The van der Waals surface area contributed by atoms with Gasteiger partial charge in [-0.25, -0.2) is 13.0 Å². The molecule has 0 radical (unpaired) electrons. The molecule has 0 aromatic heterocycles. The lowest BCUT2D eigenvalue weighted by Crippen LogP contribution is -2.22. The van der Waals surface area contributed by atoms with E-state index >= 15 is 0 Å². The number of fused-ring (bicyclic) bond motifs is 1. The van der Waals surface area contributed by atoms with Crippen molar-refractivity contribution in [2.24, 2.45) is 0 Å². The van der Waals surface area contributed by atoms with E-state index in [0.717, 1.165) is 23.4 Å². The maximum atomic E-state index is 13.5. The van der Waals surface area contributed by atoms with E-state index in [1.165, 1.54) is 12.1 Å². The molecule has 1 aliphatic rings. The molecule has 1 unspecified atom stereocenters. The van der Waals surface area contributed by atoms with Gasteiger partial charge in [0.25, 0.3) is 0 Å². The van der Waals surface area contributed by atoms with Gasteiger partial charge in [-0.15, -0.1) is 0 Å². The first-order valence-electron chi connectivity index (χ1n) is 9.60. The number of rotatable bonds is 3. The van der Waals surface area contributed by atoms with Crippen LogP contribution >= 0.6 is 0 Å². The summed E-state index contributed by atoms with van der Waals surface area (Å²) in [6.07, 6.45) is 1.82. The lowest BCUT2D eigenvalue weighted by atomic mass is 10.0. The van der Waals surface area contributed by atoms with Crippen LogP contribution in [-0.4, -0.2) is 17.1 Å². The molecule has 3 aromatic rings. The number of methoxy groups -OCH3 is 1. The molecule has 0 fully saturated rings. The number of ketones is 1. The Morgan fingerprint density at radius 1 is 1.03 bits per heavy atom. The van der Waals surface area contributed by atoms with Crippen molar-refractivity contribution in [1.29, 1.82) is 0 Å². The van der Waals surface area contributed by atoms with Gasteiger partial charge in [-0.3, -0.25) is 4.79 Å². The number of ether oxygens (including phenoxy) is 1. The molecule has 160 valence electrons. The lowest BCUT2D eigenvalue weighted by Gasteiger charge is -2.19. The fourth-order valence-corrected chi connectivity index (χ4v) is 4.14. The molecular formula is C25H17F2NO3S. The van der Waals surface area contributed by atoms with Crippen LogP contribution in [0.3, 0.4) is 0 Å². The van der Waals surface area contributed by atoms with Crippen LogP contribution in [0.2, 0.25) is 0 Å². The van der Waals surface area contributed by atoms with Crippen molar-refractivity contribution in [2.75, 3.05) is 11.8 Å². The monoisotopic (exact) mass is 449 g/mol. The summed E-state index contributed by atoms with van der Waals surface area (Å²) in [6, 6.07) is 15.8. The van der Waals surface area contributed by atoms with E-state index < -0.39 is 28.4 Å². The summed E-state index contributed by atoms with van der Waals surface area (Å²) in [6.45, 7) is 0. The standard InChI is InChI=1S/C25H17F2NO3S/c1-31-19-9-5-16(6-10-19)3-2-4-17-8-12-23-20(13-17)25(29)24(32(30)28-23)15-18-7-11-21(26)22(27)14-18/h5-15,28H,3H2,1H3/b24-15+. The predicted molar refractivity (Wildman–Crippen MR) is 120 cm³/mol. The second-order valence-electron chi connectivity index (χ2n) is 6.97. The van der Waals surface area contributed by atoms with E-state index in [0.29, 0.717) is 23.2 Å². The van der Waals surface area contributed by atoms with Gasteiger partial charge in [0.15, 0.2) is 22.6 Å². The number of carbonyl (C=O) groups excluding carboxylic acids is 1. The SMILES string of the molecule is COc1ccc(CC#Cc2ccc3c(c2)C(=O)/C(=C\c2ccc(F)c(F)c2)S(=O)N3)cc1. The van der Waals surface area contributed by atoms with Crippen molar-refractivity contribution >= 4 is 28.5 Å². The van der Waals surface area contributed by atoms with Gasteiger partial charge in [0.05, 0.1) is 12.8 Å². The fourth-order valence-electron chi connectivity index (χ4n) is 3.13. The molecule has 1 aliphatic heterocycles. The first-order chi connectivity index (χ1) is 15.4. The summed E-state index contributed by atoms with van der Waals surface area (Å²) < 4.78 is 47.0. The second-order valence-corrected chi connectivity index (χ2v) is 8.15. The molecule has 0 bridgehead atoms. The number of Topliss-reactive ketones (excluding diaryl/α,β-unsaturated/α-hetero) is 1. The van der Waals surface area contributed by atoms with Gasteiger partial charge in [-0.2, -0.15) is 0 Å². The number of allylic oxidation sites excluding steroid dienone is 1. The van der Waals surface area contributed by atoms with Crippen LogP contribution in [0.1, 0.15) is 27.0 Å². The van der Waals surface area contributed by atoms with Crippen LogP contribution in [-0.2, 0) is 17.4 Å². The highest BCUT2D eigenvalue weighted by molar-refractivity contribution is 7.91. The minimum atomic E-state index is -1.82. The first-order valence-corrected chi connectivity index (χ1v) is 10.8. The van der Waals surface area contributed by atoms with Crippen LogP contribution < -0.4 is 9.46 Å². The van der Waals surface area contributed by atoms with Crippen molar-refractivity contribution < 1.29 is 22.5 Å². The highest BCUT2D eigenvalue weighted by atomic mass is 32.2. The number of hydrogen-bond donors (Lipinski definition) is 1. The van der Waals surface area contributed by atoms with Crippen LogP contribution in [0, 0.1) is 23.5 Å². The molecule has 0 saturated carbocycles. The van der Waals surface area contributed by atoms with Gasteiger partial charge in [0.1, 0.15) is 10.7 Å². The van der Waals surface area contributed by atoms with Crippen molar-refractivity contribution in [3.05, 3.63) is 99.5 Å². The van der Waals surface area contributed by atoms with Crippen LogP contribution in [0.15, 0.2) is 65.6 Å². The molecule has 1 N–H and O–H groups in total. The van der Waals surface area contributed by atoms with E-state index in [9.17, 15) is 17.8 Å². The van der Waals surface area contributed by atoms with Crippen LogP contribution in [0.25, 0.3) is 6.08 Å². The smallest absolute Gasteiger partial charge is 0.205 e. The van der Waals surface area contributed by atoms with Gasteiger partial charge in [0, 0.05) is 17.5 Å². The zero-order valence-electron chi connectivity index (χ0n) is 16.9. The molecule has 0 amide bonds. The van der Waals surface area contributed by atoms with E-state index in [1.54, 1.807) is 25.3 Å². The van der Waals surface area contributed by atoms with E-state index in [-0.39, 0.29) is 10.5 Å². The third kappa shape index (κ3) is 4.61. The van der Waals surface area contributed by atoms with E-state index in [1.807, 2.05) is 24.3 Å². The molecule has 1 heterocycles. The number of halogens is 2. The number of nitrogens with one attached hydrogen (secondary N) is 1. The zero-order valence-corrected chi connectivity index (χ0v) is 17.8. The van der Waals surface area contributed by atoms with Crippen molar-refractivity contribution in [3.8, 4) is 17.6 Å². The number of carbonyl (C=O) groups is 1. The summed E-state index contributed by atoms with van der Waals surface area (Å²) in [4.78, 5) is 12.9. The summed E-state index contributed by atoms with van der Waals surface area (Å²) in [5.41, 5.74) is 2.64. The van der Waals surface area contributed by atoms with E-state index in [4.69, 9.17) is 4.74 Å². The molecule has 4 rings (SSSR count). The predicted octanol–water partition coefficient (Wildman–Crippen LogP) is 4.88. The second kappa shape index (κ2) is 9.16. The van der Waals surface area contributed by atoms with Gasteiger partial charge in [-0.1, -0.05) is 30.0 Å². The summed E-state index contributed by atoms with van der Waals surface area (Å²) in [5, 5.41) is 0. The third-order valence-electron chi connectivity index (χ3n) is 4.82. The minimum Gasteiger partial charge on any atom is -0.497 e. The molecular weight excluding hydrogens is 432 g/mol. The molecule has 0 aliphatic carbocycles. The highest BCUT2D eigenvalue weighted by Crippen LogP contribution is 2.29.